The number of hydrogen-bond donors (Lipinski definition) is 2. The molecule has 31 heavy (non-hydrogen) atoms. The topological polar surface area (TPSA) is 89.6 Å². The Morgan fingerprint density at radius 2 is 2.06 bits per heavy atom. The van der Waals surface area contributed by atoms with Crippen LogP contribution < -0.4 is 11.1 Å². The van der Waals surface area contributed by atoms with Crippen LogP contribution in [-0.4, -0.2) is 40.7 Å². The minimum absolute atomic E-state index is 0.0544. The van der Waals surface area contributed by atoms with Crippen molar-refractivity contribution in [2.45, 2.75) is 38.4 Å². The van der Waals surface area contributed by atoms with E-state index in [1.54, 1.807) is 18.3 Å². The van der Waals surface area contributed by atoms with Crippen LogP contribution in [0.3, 0.4) is 0 Å². The summed E-state index contributed by atoms with van der Waals surface area (Å²) in [5, 5.41) is 2.85. The number of aromatic nitrogens is 1. The molecule has 0 bridgehead atoms. The lowest BCUT2D eigenvalue weighted by Gasteiger charge is -2.48. The van der Waals surface area contributed by atoms with Crippen molar-refractivity contribution >= 4 is 28.5 Å². The smallest absolute Gasteiger partial charge is 0.274 e. The number of alkyl halides is 1. The Morgan fingerprint density at radius 3 is 2.77 bits per heavy atom. The molecule has 4 rings (SSSR count). The molecule has 2 atom stereocenters. The summed E-state index contributed by atoms with van der Waals surface area (Å²) in [6.07, 6.45) is 1.70. The summed E-state index contributed by atoms with van der Waals surface area (Å²) >= 11 is 1.14. The van der Waals surface area contributed by atoms with Crippen LogP contribution in [0.2, 0.25) is 0 Å². The Bertz CT molecular complexity index is 986. The summed E-state index contributed by atoms with van der Waals surface area (Å²) in [5.74, 6) is -1.01. The maximum absolute atomic E-state index is 15.9. The number of aryl methyl sites for hydroxylation is 1. The minimum atomic E-state index is -1.73. The van der Waals surface area contributed by atoms with E-state index in [0.29, 0.717) is 0 Å². The van der Waals surface area contributed by atoms with Crippen molar-refractivity contribution in [1.82, 2.24) is 4.98 Å². The van der Waals surface area contributed by atoms with Gasteiger partial charge in [0.1, 0.15) is 17.1 Å². The van der Waals surface area contributed by atoms with E-state index >= 15 is 4.39 Å². The number of fused-ring (bicyclic) bond motifs is 1. The third kappa shape index (κ3) is 4.57. The first-order chi connectivity index (χ1) is 14.8. The molecule has 2 aliphatic heterocycles. The Morgan fingerprint density at radius 1 is 1.29 bits per heavy atom. The van der Waals surface area contributed by atoms with Gasteiger partial charge in [0.15, 0.2) is 10.8 Å². The van der Waals surface area contributed by atoms with Crippen LogP contribution >= 0.6 is 11.8 Å². The Kier molecular flexibility index (Phi) is 6.96. The average molecular weight is 449 g/mol. The molecule has 0 saturated carbocycles. The number of halogens is 2. The van der Waals surface area contributed by atoms with Gasteiger partial charge in [-0.25, -0.2) is 13.8 Å². The first-order valence-electron chi connectivity index (χ1n) is 10.1. The number of thioether (sulfide) groups is 1. The van der Waals surface area contributed by atoms with Gasteiger partial charge in [-0.3, -0.25) is 9.78 Å². The lowest BCUT2D eigenvalue weighted by atomic mass is 9.74. The van der Waals surface area contributed by atoms with E-state index < -0.39 is 22.9 Å². The molecule has 166 valence electrons. The second-order valence-electron chi connectivity index (χ2n) is 7.27. The molecule has 2 aromatic rings. The number of amidine groups is 1. The van der Waals surface area contributed by atoms with E-state index in [4.69, 9.17) is 10.5 Å². The van der Waals surface area contributed by atoms with Crippen LogP contribution in [-0.2, 0) is 10.3 Å². The number of anilines is 1. The highest BCUT2D eigenvalue weighted by atomic mass is 32.2. The SMILES string of the molecule is CC.Cc1ccc(C(=O)Nc2cc(F)cc([C@]34COCC[C@@]3(F)CSC(N)=N4)c2)nc1. The molecule has 1 saturated heterocycles. The fraction of sp³-hybridized carbons (Fsp3) is 0.409. The van der Waals surface area contributed by atoms with E-state index in [1.807, 2.05) is 20.8 Å². The van der Waals surface area contributed by atoms with Crippen molar-refractivity contribution in [1.29, 1.82) is 0 Å². The number of amides is 1. The summed E-state index contributed by atoms with van der Waals surface area (Å²) in [4.78, 5) is 20.9. The predicted molar refractivity (Wildman–Crippen MR) is 120 cm³/mol. The van der Waals surface area contributed by atoms with E-state index in [1.165, 1.54) is 18.2 Å². The van der Waals surface area contributed by atoms with E-state index in [-0.39, 0.29) is 47.5 Å². The maximum atomic E-state index is 15.9. The molecular formula is C22H26F2N4O2S. The highest BCUT2D eigenvalue weighted by Gasteiger charge is 2.58. The van der Waals surface area contributed by atoms with Gasteiger partial charge in [0.25, 0.3) is 5.91 Å². The number of ether oxygens (including phenoxy) is 1. The molecule has 0 radical (unpaired) electrons. The van der Waals surface area contributed by atoms with Gasteiger partial charge in [-0.1, -0.05) is 31.7 Å². The normalized spacial score (nSPS) is 24.9. The molecule has 0 spiro atoms. The number of pyridine rings is 1. The largest absolute Gasteiger partial charge is 0.379 e. The third-order valence-corrected chi connectivity index (χ3v) is 6.21. The zero-order valence-corrected chi connectivity index (χ0v) is 18.6. The summed E-state index contributed by atoms with van der Waals surface area (Å²) in [7, 11) is 0. The molecule has 2 aliphatic rings. The highest BCUT2D eigenvalue weighted by Crippen LogP contribution is 2.50. The fourth-order valence-corrected chi connectivity index (χ4v) is 4.61. The van der Waals surface area contributed by atoms with Crippen molar-refractivity contribution in [3.63, 3.8) is 0 Å². The quantitative estimate of drug-likeness (QED) is 0.735. The molecule has 3 heterocycles. The molecule has 1 aromatic carbocycles. The standard InChI is InChI=1S/C20H20F2N4O2S.C2H6/c1-12-2-3-16(24-9-12)17(27)25-15-7-13(6-14(21)8-15)20-10-28-5-4-19(20,22)11-29-18(23)26-20;1-2/h2-3,6-9H,4-5,10-11H2,1H3,(H2,23,26)(H,25,27);1-2H3/t19-,20-;/m1./s1. The van der Waals surface area contributed by atoms with Gasteiger partial charge >= 0.3 is 0 Å². The monoisotopic (exact) mass is 448 g/mol. The number of nitrogens with two attached hydrogens (primary N) is 1. The van der Waals surface area contributed by atoms with E-state index in [2.05, 4.69) is 15.3 Å². The zero-order valence-electron chi connectivity index (χ0n) is 17.7. The molecule has 1 aromatic heterocycles. The van der Waals surface area contributed by atoms with E-state index in [0.717, 1.165) is 17.3 Å². The molecule has 3 N–H and O–H groups in total. The Balaban J connectivity index is 0.00000132. The molecular weight excluding hydrogens is 422 g/mol. The van der Waals surface area contributed by atoms with Crippen LogP contribution in [0.1, 0.15) is 41.9 Å². The predicted octanol–water partition coefficient (Wildman–Crippen LogP) is 4.19. The van der Waals surface area contributed by atoms with Crippen molar-refractivity contribution in [2.24, 2.45) is 10.7 Å². The molecule has 1 fully saturated rings. The van der Waals surface area contributed by atoms with E-state index in [9.17, 15) is 9.18 Å². The molecule has 0 aliphatic carbocycles. The van der Waals surface area contributed by atoms with Gasteiger partial charge < -0.3 is 15.8 Å². The summed E-state index contributed by atoms with van der Waals surface area (Å²) in [5.41, 5.74) is 4.26. The number of aliphatic imine (C=N–C) groups is 1. The summed E-state index contributed by atoms with van der Waals surface area (Å²) < 4.78 is 35.8. The molecule has 1 amide bonds. The minimum Gasteiger partial charge on any atom is -0.379 e. The zero-order chi connectivity index (χ0) is 22.6. The van der Waals surface area contributed by atoms with Gasteiger partial charge in [-0.15, -0.1) is 0 Å². The Hall–Kier alpha value is -2.52. The number of benzene rings is 1. The first-order valence-corrected chi connectivity index (χ1v) is 11.1. The highest BCUT2D eigenvalue weighted by molar-refractivity contribution is 8.13. The van der Waals surface area contributed by atoms with Gasteiger partial charge in [0.05, 0.1) is 6.61 Å². The van der Waals surface area contributed by atoms with Gasteiger partial charge in [-0.2, -0.15) is 0 Å². The summed E-state index contributed by atoms with van der Waals surface area (Å²) in [6, 6.07) is 7.24. The second kappa shape index (κ2) is 9.32. The third-order valence-electron chi connectivity index (χ3n) is 5.22. The van der Waals surface area contributed by atoms with Crippen molar-refractivity contribution in [2.75, 3.05) is 24.3 Å². The van der Waals surface area contributed by atoms with Crippen molar-refractivity contribution in [3.8, 4) is 0 Å². The fourth-order valence-electron chi connectivity index (χ4n) is 3.63. The number of rotatable bonds is 3. The van der Waals surface area contributed by atoms with Crippen LogP contribution in [0.25, 0.3) is 0 Å². The van der Waals surface area contributed by atoms with Gasteiger partial charge in [-0.05, 0) is 42.3 Å². The van der Waals surface area contributed by atoms with Crippen LogP contribution in [0, 0.1) is 12.7 Å². The number of nitrogens with one attached hydrogen (secondary N) is 1. The number of hydrogen-bond acceptors (Lipinski definition) is 6. The molecule has 9 heteroatoms. The summed E-state index contributed by atoms with van der Waals surface area (Å²) in [6.45, 7) is 6.06. The first kappa shape index (κ1) is 23.1. The maximum Gasteiger partial charge on any atom is 0.274 e. The lowest BCUT2D eigenvalue weighted by Crippen LogP contribution is -2.58. The number of nitrogens with zero attached hydrogens (tertiary/aromatic N) is 2. The average Bonchev–Trinajstić information content (AvgIpc) is 2.75. The lowest BCUT2D eigenvalue weighted by molar-refractivity contribution is -0.0693. The van der Waals surface area contributed by atoms with Crippen molar-refractivity contribution < 1.29 is 18.3 Å². The number of carbonyl (C=O) groups is 1. The van der Waals surface area contributed by atoms with Gasteiger partial charge in [0, 0.05) is 30.7 Å². The van der Waals surface area contributed by atoms with Gasteiger partial charge in [0.2, 0.25) is 0 Å². The van der Waals surface area contributed by atoms with Crippen LogP contribution in [0.15, 0.2) is 41.5 Å². The molecule has 6 nitrogen and oxygen atoms in total. The second-order valence-corrected chi connectivity index (χ2v) is 8.27. The Labute approximate surface area is 184 Å². The van der Waals surface area contributed by atoms with Crippen molar-refractivity contribution in [3.05, 3.63) is 59.2 Å². The molecule has 0 unspecified atom stereocenters. The van der Waals surface area contributed by atoms with Crippen LogP contribution in [0.5, 0.6) is 0 Å². The van der Waals surface area contributed by atoms with Crippen LogP contribution in [0.4, 0.5) is 14.5 Å². The number of carbonyl (C=O) groups excluding carboxylic acids is 1.